The van der Waals surface area contributed by atoms with Gasteiger partial charge in [-0.1, -0.05) is 12.8 Å². The quantitative estimate of drug-likeness (QED) is 0.822. The van der Waals surface area contributed by atoms with Crippen molar-refractivity contribution in [2.75, 3.05) is 0 Å². The highest BCUT2D eigenvalue weighted by Gasteiger charge is 2.22. The van der Waals surface area contributed by atoms with Gasteiger partial charge in [0.1, 0.15) is 11.6 Å². The fourth-order valence-corrected chi connectivity index (χ4v) is 2.52. The number of halogens is 2. The minimum Gasteiger partial charge on any atom is -0.327 e. The highest BCUT2D eigenvalue weighted by Crippen LogP contribution is 2.26. The molecule has 1 aromatic carbocycles. The van der Waals surface area contributed by atoms with E-state index >= 15 is 0 Å². The first-order valence-corrected chi connectivity index (χ1v) is 5.85. The molecule has 2 atom stereocenters. The van der Waals surface area contributed by atoms with Crippen LogP contribution in [0.1, 0.15) is 31.2 Å². The molecule has 3 heteroatoms. The van der Waals surface area contributed by atoms with Crippen molar-refractivity contribution in [2.45, 2.75) is 38.1 Å². The van der Waals surface area contributed by atoms with E-state index in [1.54, 1.807) is 0 Å². The lowest BCUT2D eigenvalue weighted by molar-refractivity contribution is 0.306. The Kier molecular flexibility index (Phi) is 3.54. The molecule has 2 rings (SSSR count). The second-order valence-electron chi connectivity index (χ2n) is 4.69. The Morgan fingerprint density at radius 2 is 1.69 bits per heavy atom. The molecule has 0 spiro atoms. The molecule has 0 radical (unpaired) electrons. The average molecular weight is 225 g/mol. The molecular formula is C13H17F2N. The van der Waals surface area contributed by atoms with Crippen LogP contribution in [0.4, 0.5) is 8.78 Å². The zero-order valence-corrected chi connectivity index (χ0v) is 9.26. The van der Waals surface area contributed by atoms with E-state index in [0.29, 0.717) is 12.3 Å². The van der Waals surface area contributed by atoms with E-state index in [0.717, 1.165) is 24.5 Å². The van der Waals surface area contributed by atoms with E-state index < -0.39 is 11.6 Å². The van der Waals surface area contributed by atoms with Gasteiger partial charge in [0.2, 0.25) is 0 Å². The summed E-state index contributed by atoms with van der Waals surface area (Å²) in [6.45, 7) is 0. The first-order valence-electron chi connectivity index (χ1n) is 5.85. The van der Waals surface area contributed by atoms with Gasteiger partial charge >= 0.3 is 0 Å². The molecule has 0 heterocycles. The van der Waals surface area contributed by atoms with E-state index in [2.05, 4.69) is 0 Å². The number of hydrogen-bond donors (Lipinski definition) is 1. The summed E-state index contributed by atoms with van der Waals surface area (Å²) < 4.78 is 26.0. The maximum atomic E-state index is 13.0. The highest BCUT2D eigenvalue weighted by atomic mass is 19.1. The Bertz CT molecular complexity index is 345. The molecule has 16 heavy (non-hydrogen) atoms. The first-order chi connectivity index (χ1) is 7.65. The van der Waals surface area contributed by atoms with Gasteiger partial charge in [0.15, 0.2) is 0 Å². The van der Waals surface area contributed by atoms with Gasteiger partial charge in [0.05, 0.1) is 0 Å². The molecule has 0 amide bonds. The van der Waals surface area contributed by atoms with Crippen LogP contribution in [0.3, 0.4) is 0 Å². The van der Waals surface area contributed by atoms with Gasteiger partial charge in [-0.15, -0.1) is 0 Å². The van der Waals surface area contributed by atoms with Gasteiger partial charge in [-0.2, -0.15) is 0 Å². The van der Waals surface area contributed by atoms with E-state index in [1.807, 2.05) is 0 Å². The molecule has 1 aliphatic rings. The summed E-state index contributed by atoms with van der Waals surface area (Å²) in [5.74, 6) is -0.631. The summed E-state index contributed by atoms with van der Waals surface area (Å²) in [5.41, 5.74) is 6.74. The van der Waals surface area contributed by atoms with Crippen molar-refractivity contribution < 1.29 is 8.78 Å². The minimum absolute atomic E-state index is 0.181. The SMILES string of the molecule is NC1CCCCC1Cc1cc(F)cc(F)c1. The summed E-state index contributed by atoms with van der Waals surface area (Å²) in [6, 6.07) is 3.90. The standard InChI is InChI=1S/C13H17F2N/c14-11-6-9(7-12(15)8-11)5-10-3-1-2-4-13(10)16/h6-8,10,13H,1-5,16H2. The Morgan fingerprint density at radius 3 is 2.31 bits per heavy atom. The first kappa shape index (κ1) is 11.5. The third-order valence-electron chi connectivity index (χ3n) is 3.39. The lowest BCUT2D eigenvalue weighted by Gasteiger charge is -2.28. The lowest BCUT2D eigenvalue weighted by atomic mass is 9.81. The monoisotopic (exact) mass is 225 g/mol. The fraction of sp³-hybridized carbons (Fsp3) is 0.538. The number of hydrogen-bond acceptors (Lipinski definition) is 1. The summed E-state index contributed by atoms with van der Waals surface area (Å²) in [4.78, 5) is 0. The van der Waals surface area contributed by atoms with Crippen molar-refractivity contribution >= 4 is 0 Å². The van der Waals surface area contributed by atoms with Crippen LogP contribution in [0.5, 0.6) is 0 Å². The summed E-state index contributed by atoms with van der Waals surface area (Å²) >= 11 is 0. The Hall–Kier alpha value is -0.960. The van der Waals surface area contributed by atoms with Crippen LogP contribution in [-0.2, 0) is 6.42 Å². The van der Waals surface area contributed by atoms with Crippen LogP contribution >= 0.6 is 0 Å². The molecule has 0 saturated heterocycles. The molecule has 1 nitrogen and oxygen atoms in total. The van der Waals surface area contributed by atoms with Crippen molar-refractivity contribution in [3.8, 4) is 0 Å². The molecule has 2 N–H and O–H groups in total. The predicted octanol–water partition coefficient (Wildman–Crippen LogP) is 3.02. The van der Waals surface area contributed by atoms with E-state index in [-0.39, 0.29) is 6.04 Å². The van der Waals surface area contributed by atoms with E-state index in [1.165, 1.54) is 25.0 Å². The normalized spacial score (nSPS) is 25.7. The zero-order chi connectivity index (χ0) is 11.5. The van der Waals surface area contributed by atoms with Crippen molar-refractivity contribution in [1.29, 1.82) is 0 Å². The molecule has 0 aliphatic heterocycles. The third kappa shape index (κ3) is 2.79. The van der Waals surface area contributed by atoms with Crippen LogP contribution in [0, 0.1) is 17.6 Å². The van der Waals surface area contributed by atoms with Crippen LogP contribution in [0.15, 0.2) is 18.2 Å². The van der Waals surface area contributed by atoms with Crippen molar-refractivity contribution in [3.63, 3.8) is 0 Å². The molecule has 1 fully saturated rings. The molecule has 1 aromatic rings. The minimum atomic E-state index is -0.501. The molecule has 0 aromatic heterocycles. The average Bonchev–Trinajstić information content (AvgIpc) is 2.20. The third-order valence-corrected chi connectivity index (χ3v) is 3.39. The molecule has 1 aliphatic carbocycles. The van der Waals surface area contributed by atoms with Crippen LogP contribution in [-0.4, -0.2) is 6.04 Å². The van der Waals surface area contributed by atoms with Gasteiger partial charge < -0.3 is 5.73 Å². The Labute approximate surface area is 94.7 Å². The van der Waals surface area contributed by atoms with Crippen LogP contribution in [0.25, 0.3) is 0 Å². The lowest BCUT2D eigenvalue weighted by Crippen LogP contribution is -2.34. The number of nitrogens with two attached hydrogens (primary N) is 1. The largest absolute Gasteiger partial charge is 0.327 e. The predicted molar refractivity (Wildman–Crippen MR) is 60.0 cm³/mol. The van der Waals surface area contributed by atoms with Gasteiger partial charge in [-0.25, -0.2) is 8.78 Å². The summed E-state index contributed by atoms with van der Waals surface area (Å²) in [6.07, 6.45) is 5.14. The van der Waals surface area contributed by atoms with Gasteiger partial charge in [0, 0.05) is 12.1 Å². The highest BCUT2D eigenvalue weighted by molar-refractivity contribution is 5.18. The molecule has 1 saturated carbocycles. The second kappa shape index (κ2) is 4.91. The molecule has 2 unspecified atom stereocenters. The molecule has 0 bridgehead atoms. The maximum Gasteiger partial charge on any atom is 0.126 e. The Morgan fingerprint density at radius 1 is 1.06 bits per heavy atom. The number of benzene rings is 1. The zero-order valence-electron chi connectivity index (χ0n) is 9.26. The summed E-state index contributed by atoms with van der Waals surface area (Å²) in [5, 5.41) is 0. The fourth-order valence-electron chi connectivity index (χ4n) is 2.52. The van der Waals surface area contributed by atoms with Crippen molar-refractivity contribution in [2.24, 2.45) is 11.7 Å². The van der Waals surface area contributed by atoms with Crippen LogP contribution < -0.4 is 5.73 Å². The Balaban J connectivity index is 2.07. The molecular weight excluding hydrogens is 208 g/mol. The van der Waals surface area contributed by atoms with E-state index in [9.17, 15) is 8.78 Å². The van der Waals surface area contributed by atoms with Gasteiger partial charge in [-0.05, 0) is 42.9 Å². The van der Waals surface area contributed by atoms with Gasteiger partial charge in [0.25, 0.3) is 0 Å². The topological polar surface area (TPSA) is 26.0 Å². The summed E-state index contributed by atoms with van der Waals surface area (Å²) in [7, 11) is 0. The van der Waals surface area contributed by atoms with Crippen molar-refractivity contribution in [3.05, 3.63) is 35.4 Å². The molecule has 88 valence electrons. The maximum absolute atomic E-state index is 13.0. The smallest absolute Gasteiger partial charge is 0.126 e. The van der Waals surface area contributed by atoms with Gasteiger partial charge in [-0.3, -0.25) is 0 Å². The second-order valence-corrected chi connectivity index (χ2v) is 4.69. The number of rotatable bonds is 2. The van der Waals surface area contributed by atoms with E-state index in [4.69, 9.17) is 5.73 Å². The van der Waals surface area contributed by atoms with Crippen molar-refractivity contribution in [1.82, 2.24) is 0 Å². The van der Waals surface area contributed by atoms with Crippen LogP contribution in [0.2, 0.25) is 0 Å².